The minimum Gasteiger partial charge on any atom is -0.344 e. The first-order chi connectivity index (χ1) is 15.5. The SMILES string of the molecule is CC(C)c1cccc2c1Cc1ccccc1-2.CC(C)c1cccc2c1Cc1ccccc1-2.Cl.Cl.N. The van der Waals surface area contributed by atoms with Gasteiger partial charge in [-0.1, -0.05) is 113 Å². The molecule has 2 aliphatic rings. The maximum absolute atomic E-state index is 2.28. The average Bonchev–Trinajstić information content (AvgIpc) is 3.37. The standard InChI is InChI=1S/2C16H16.2ClH.H3N/c2*1-11(2)13-8-5-9-15-14-7-4-3-6-12(14)10-16(13)15;;;/h2*3-9,11H,10H2,1-2H3;2*1H;1H3. The molecular weight excluding hydrogens is 469 g/mol. The molecule has 4 aromatic carbocycles. The van der Waals surface area contributed by atoms with Gasteiger partial charge in [-0.3, -0.25) is 0 Å². The summed E-state index contributed by atoms with van der Waals surface area (Å²) >= 11 is 0. The summed E-state index contributed by atoms with van der Waals surface area (Å²) in [5.41, 5.74) is 14.8. The van der Waals surface area contributed by atoms with E-state index >= 15 is 0 Å². The van der Waals surface area contributed by atoms with Gasteiger partial charge in [0, 0.05) is 0 Å². The van der Waals surface area contributed by atoms with E-state index in [4.69, 9.17) is 0 Å². The predicted molar refractivity (Wildman–Crippen MR) is 157 cm³/mol. The molecule has 0 saturated carbocycles. The molecule has 35 heavy (non-hydrogen) atoms. The van der Waals surface area contributed by atoms with Crippen LogP contribution in [0.15, 0.2) is 84.9 Å². The lowest BCUT2D eigenvalue weighted by Gasteiger charge is -2.11. The van der Waals surface area contributed by atoms with Crippen molar-refractivity contribution in [3.63, 3.8) is 0 Å². The second-order valence-electron chi connectivity index (χ2n) is 9.72. The fourth-order valence-electron chi connectivity index (χ4n) is 5.45. The lowest BCUT2D eigenvalue weighted by molar-refractivity contribution is 0.852. The Morgan fingerprint density at radius 2 is 0.800 bits per heavy atom. The van der Waals surface area contributed by atoms with Gasteiger partial charge in [-0.15, -0.1) is 24.8 Å². The Morgan fingerprint density at radius 1 is 0.457 bits per heavy atom. The predicted octanol–water partition coefficient (Wildman–Crippen LogP) is 9.77. The molecule has 0 heterocycles. The monoisotopic (exact) mass is 505 g/mol. The fourth-order valence-corrected chi connectivity index (χ4v) is 5.45. The van der Waals surface area contributed by atoms with Crippen molar-refractivity contribution in [2.75, 3.05) is 0 Å². The van der Waals surface area contributed by atoms with Crippen LogP contribution in [0.4, 0.5) is 0 Å². The van der Waals surface area contributed by atoms with Crippen LogP contribution in [0.5, 0.6) is 0 Å². The fraction of sp³-hybridized carbons (Fsp3) is 0.250. The van der Waals surface area contributed by atoms with E-state index in [0.29, 0.717) is 11.8 Å². The van der Waals surface area contributed by atoms with Crippen molar-refractivity contribution in [3.05, 3.63) is 118 Å². The van der Waals surface area contributed by atoms with Crippen LogP contribution in [0.2, 0.25) is 0 Å². The Hall–Kier alpha value is -2.58. The van der Waals surface area contributed by atoms with E-state index in [9.17, 15) is 0 Å². The zero-order valence-corrected chi connectivity index (χ0v) is 22.8. The van der Waals surface area contributed by atoms with Crippen molar-refractivity contribution in [1.82, 2.24) is 6.15 Å². The highest BCUT2D eigenvalue weighted by Gasteiger charge is 2.22. The second kappa shape index (κ2) is 11.9. The van der Waals surface area contributed by atoms with Crippen molar-refractivity contribution < 1.29 is 0 Å². The van der Waals surface area contributed by atoms with Gasteiger partial charge >= 0.3 is 0 Å². The summed E-state index contributed by atoms with van der Waals surface area (Å²) in [5, 5.41) is 0. The highest BCUT2D eigenvalue weighted by atomic mass is 35.5. The maximum Gasteiger partial charge on any atom is -0.00106 e. The summed E-state index contributed by atoms with van der Waals surface area (Å²) in [6.07, 6.45) is 2.22. The quantitative estimate of drug-likeness (QED) is 0.249. The Bertz CT molecular complexity index is 1190. The van der Waals surface area contributed by atoms with Crippen LogP contribution >= 0.6 is 24.8 Å². The lowest BCUT2D eigenvalue weighted by Crippen LogP contribution is -1.94. The van der Waals surface area contributed by atoms with E-state index < -0.39 is 0 Å². The molecule has 3 heteroatoms. The van der Waals surface area contributed by atoms with Crippen LogP contribution < -0.4 is 6.15 Å². The van der Waals surface area contributed by atoms with Crippen molar-refractivity contribution in [2.24, 2.45) is 0 Å². The van der Waals surface area contributed by atoms with Crippen LogP contribution in [0, 0.1) is 0 Å². The minimum absolute atomic E-state index is 0. The molecule has 3 N–H and O–H groups in total. The molecule has 4 aromatic rings. The molecule has 0 aromatic heterocycles. The van der Waals surface area contributed by atoms with Crippen LogP contribution in [-0.4, -0.2) is 0 Å². The summed E-state index contributed by atoms with van der Waals surface area (Å²) in [4.78, 5) is 0. The normalized spacial score (nSPS) is 11.6. The molecule has 6 rings (SSSR count). The zero-order valence-electron chi connectivity index (χ0n) is 21.2. The van der Waals surface area contributed by atoms with Gasteiger partial charge in [-0.25, -0.2) is 0 Å². The molecule has 0 atom stereocenters. The number of halogens is 2. The molecule has 0 amide bonds. The van der Waals surface area contributed by atoms with E-state index in [2.05, 4.69) is 113 Å². The summed E-state index contributed by atoms with van der Waals surface area (Å²) in [5.74, 6) is 1.23. The summed E-state index contributed by atoms with van der Waals surface area (Å²) < 4.78 is 0. The van der Waals surface area contributed by atoms with Crippen LogP contribution in [-0.2, 0) is 12.8 Å². The molecule has 0 radical (unpaired) electrons. The molecule has 2 aliphatic carbocycles. The van der Waals surface area contributed by atoms with Gasteiger partial charge in [-0.05, 0) is 80.3 Å². The van der Waals surface area contributed by atoms with Crippen molar-refractivity contribution in [1.29, 1.82) is 0 Å². The molecule has 184 valence electrons. The number of hydrogen-bond acceptors (Lipinski definition) is 1. The summed E-state index contributed by atoms with van der Waals surface area (Å²) in [6.45, 7) is 9.11. The van der Waals surface area contributed by atoms with Gasteiger partial charge in [0.05, 0.1) is 0 Å². The van der Waals surface area contributed by atoms with Crippen LogP contribution in [0.25, 0.3) is 22.3 Å². The molecular formula is C32H37Cl2N. The summed E-state index contributed by atoms with van der Waals surface area (Å²) in [6, 6.07) is 31.0. The smallest absolute Gasteiger partial charge is 0.00106 e. The third-order valence-corrected chi connectivity index (χ3v) is 7.02. The highest BCUT2D eigenvalue weighted by Crippen LogP contribution is 2.41. The first-order valence-electron chi connectivity index (χ1n) is 11.9. The third-order valence-electron chi connectivity index (χ3n) is 7.02. The molecule has 0 fully saturated rings. The molecule has 0 bridgehead atoms. The molecule has 0 aliphatic heterocycles. The van der Waals surface area contributed by atoms with Gasteiger partial charge in [0.25, 0.3) is 0 Å². The second-order valence-corrected chi connectivity index (χ2v) is 9.72. The van der Waals surface area contributed by atoms with Crippen molar-refractivity contribution in [2.45, 2.75) is 52.4 Å². The van der Waals surface area contributed by atoms with Gasteiger partial charge in [0.2, 0.25) is 0 Å². The van der Waals surface area contributed by atoms with E-state index in [1.54, 1.807) is 11.1 Å². The first-order valence-corrected chi connectivity index (χ1v) is 11.9. The molecule has 0 spiro atoms. The van der Waals surface area contributed by atoms with E-state index in [-0.39, 0.29) is 31.0 Å². The maximum atomic E-state index is 2.28. The molecule has 0 unspecified atom stereocenters. The number of hydrogen-bond donors (Lipinski definition) is 1. The Labute approximate surface area is 223 Å². The Balaban J connectivity index is 0.000000227. The Morgan fingerprint density at radius 3 is 1.17 bits per heavy atom. The van der Waals surface area contributed by atoms with Crippen molar-refractivity contribution in [3.8, 4) is 22.3 Å². The average molecular weight is 507 g/mol. The minimum atomic E-state index is 0. The first kappa shape index (κ1) is 28.7. The van der Waals surface area contributed by atoms with Gasteiger partial charge < -0.3 is 6.15 Å². The van der Waals surface area contributed by atoms with E-state index in [1.165, 1.54) is 44.5 Å². The lowest BCUT2D eigenvalue weighted by atomic mass is 9.94. The molecule has 1 nitrogen and oxygen atoms in total. The number of rotatable bonds is 2. The topological polar surface area (TPSA) is 35.0 Å². The van der Waals surface area contributed by atoms with Crippen molar-refractivity contribution >= 4 is 24.8 Å². The van der Waals surface area contributed by atoms with Gasteiger partial charge in [0.1, 0.15) is 0 Å². The van der Waals surface area contributed by atoms with E-state index in [0.717, 1.165) is 12.8 Å². The van der Waals surface area contributed by atoms with Gasteiger partial charge in [0.15, 0.2) is 0 Å². The van der Waals surface area contributed by atoms with Crippen LogP contribution in [0.3, 0.4) is 0 Å². The largest absolute Gasteiger partial charge is 0.344 e. The highest BCUT2D eigenvalue weighted by molar-refractivity contribution is 5.85. The molecule has 0 saturated heterocycles. The van der Waals surface area contributed by atoms with Crippen LogP contribution in [0.1, 0.15) is 72.9 Å². The van der Waals surface area contributed by atoms with E-state index in [1.807, 2.05) is 0 Å². The van der Waals surface area contributed by atoms with Gasteiger partial charge in [-0.2, -0.15) is 0 Å². The summed E-state index contributed by atoms with van der Waals surface area (Å²) in [7, 11) is 0. The zero-order chi connectivity index (χ0) is 22.2. The third kappa shape index (κ3) is 5.33. The Kier molecular flexibility index (Phi) is 9.75. The number of benzene rings is 4. The number of fused-ring (bicyclic) bond motifs is 6.